The molecule has 5 nitrogen and oxygen atoms in total. The third-order valence-corrected chi connectivity index (χ3v) is 3.48. The van der Waals surface area contributed by atoms with Crippen molar-refractivity contribution in [3.8, 4) is 0 Å². The minimum Gasteiger partial charge on any atom is -0.377 e. The average molecular weight is 267 g/mol. The number of halogens is 1. The van der Waals surface area contributed by atoms with Crippen LogP contribution in [-0.4, -0.2) is 36.5 Å². The van der Waals surface area contributed by atoms with Crippen molar-refractivity contribution in [1.29, 1.82) is 0 Å². The Bertz CT molecular complexity index is 467. The first kappa shape index (κ1) is 13.7. The zero-order chi connectivity index (χ0) is 13.8. The van der Waals surface area contributed by atoms with E-state index in [1.807, 2.05) is 0 Å². The first-order chi connectivity index (χ1) is 9.08. The standard InChI is InChI=1S/C13H18FN3O2/c1-16-7-3-4-10(9-16)8-15-13-11(14)5-2-6-12(13)17(18)19/h2,5-6,10,15H,3-4,7-9H2,1H3. The summed E-state index contributed by atoms with van der Waals surface area (Å²) in [7, 11) is 2.05. The van der Waals surface area contributed by atoms with Crippen molar-refractivity contribution < 1.29 is 9.31 Å². The van der Waals surface area contributed by atoms with E-state index in [2.05, 4.69) is 17.3 Å². The molecule has 1 aromatic rings. The fourth-order valence-electron chi connectivity index (χ4n) is 2.53. The molecule has 104 valence electrons. The van der Waals surface area contributed by atoms with Crippen molar-refractivity contribution in [2.24, 2.45) is 5.92 Å². The first-order valence-corrected chi connectivity index (χ1v) is 6.43. The van der Waals surface area contributed by atoms with Crippen LogP contribution in [0.15, 0.2) is 18.2 Å². The van der Waals surface area contributed by atoms with Gasteiger partial charge in [0.05, 0.1) is 4.92 Å². The number of rotatable bonds is 4. The third kappa shape index (κ3) is 3.41. The Morgan fingerprint density at radius 3 is 3.05 bits per heavy atom. The zero-order valence-electron chi connectivity index (χ0n) is 10.9. The van der Waals surface area contributed by atoms with E-state index in [-0.39, 0.29) is 11.4 Å². The van der Waals surface area contributed by atoms with Gasteiger partial charge < -0.3 is 10.2 Å². The quantitative estimate of drug-likeness (QED) is 0.672. The van der Waals surface area contributed by atoms with Crippen LogP contribution in [0.2, 0.25) is 0 Å². The predicted octanol–water partition coefficient (Wildman–Crippen LogP) is 2.49. The molecule has 6 heteroatoms. The van der Waals surface area contributed by atoms with Crippen molar-refractivity contribution in [2.45, 2.75) is 12.8 Å². The van der Waals surface area contributed by atoms with Crippen molar-refractivity contribution in [2.75, 3.05) is 32.0 Å². The highest BCUT2D eigenvalue weighted by molar-refractivity contribution is 5.62. The largest absolute Gasteiger partial charge is 0.377 e. The minimum absolute atomic E-state index is 0.000673. The zero-order valence-corrected chi connectivity index (χ0v) is 10.9. The van der Waals surface area contributed by atoms with Crippen molar-refractivity contribution in [3.05, 3.63) is 34.1 Å². The van der Waals surface area contributed by atoms with E-state index in [1.165, 1.54) is 18.2 Å². The SMILES string of the molecule is CN1CCCC(CNc2c(F)cccc2[N+](=O)[O-])C1. The maximum atomic E-state index is 13.7. The molecule has 0 aromatic heterocycles. The summed E-state index contributed by atoms with van der Waals surface area (Å²) in [6.07, 6.45) is 2.18. The highest BCUT2D eigenvalue weighted by Crippen LogP contribution is 2.27. The van der Waals surface area contributed by atoms with Crippen LogP contribution in [0.5, 0.6) is 0 Å². The van der Waals surface area contributed by atoms with Crippen molar-refractivity contribution >= 4 is 11.4 Å². The molecular formula is C13H18FN3O2. The van der Waals surface area contributed by atoms with Gasteiger partial charge in [-0.3, -0.25) is 10.1 Å². The molecule has 1 unspecified atom stereocenters. The normalized spacial score (nSPS) is 20.2. The lowest BCUT2D eigenvalue weighted by molar-refractivity contribution is -0.384. The van der Waals surface area contributed by atoms with Gasteiger partial charge in [-0.05, 0) is 38.4 Å². The highest BCUT2D eigenvalue weighted by Gasteiger charge is 2.21. The maximum absolute atomic E-state index is 13.7. The smallest absolute Gasteiger partial charge is 0.295 e. The lowest BCUT2D eigenvalue weighted by Gasteiger charge is -2.29. The van der Waals surface area contributed by atoms with E-state index in [1.54, 1.807) is 0 Å². The van der Waals surface area contributed by atoms with Crippen molar-refractivity contribution in [3.63, 3.8) is 0 Å². The van der Waals surface area contributed by atoms with Gasteiger partial charge in [0.1, 0.15) is 5.69 Å². The molecule has 0 amide bonds. The van der Waals surface area contributed by atoms with Crippen LogP contribution < -0.4 is 5.32 Å². The lowest BCUT2D eigenvalue weighted by Crippen LogP contribution is -2.35. The van der Waals surface area contributed by atoms with E-state index < -0.39 is 10.7 Å². The Hall–Kier alpha value is -1.69. The number of nitrogens with one attached hydrogen (secondary N) is 1. The van der Waals surface area contributed by atoms with Crippen LogP contribution in [-0.2, 0) is 0 Å². The topological polar surface area (TPSA) is 58.4 Å². The Labute approximate surface area is 111 Å². The highest BCUT2D eigenvalue weighted by atomic mass is 19.1. The van der Waals surface area contributed by atoms with Crippen LogP contribution in [0, 0.1) is 21.8 Å². The Morgan fingerprint density at radius 2 is 2.37 bits per heavy atom. The molecule has 1 aromatic carbocycles. The van der Waals surface area contributed by atoms with Gasteiger partial charge in [-0.15, -0.1) is 0 Å². The molecule has 0 saturated carbocycles. The van der Waals surface area contributed by atoms with Crippen LogP contribution in [0.1, 0.15) is 12.8 Å². The molecule has 1 fully saturated rings. The fraction of sp³-hybridized carbons (Fsp3) is 0.538. The van der Waals surface area contributed by atoms with E-state index in [4.69, 9.17) is 0 Å². The maximum Gasteiger partial charge on any atom is 0.295 e. The van der Waals surface area contributed by atoms with Crippen molar-refractivity contribution in [1.82, 2.24) is 4.90 Å². The number of hydrogen-bond donors (Lipinski definition) is 1. The van der Waals surface area contributed by atoms with Gasteiger partial charge in [0.25, 0.3) is 5.69 Å². The molecule has 1 N–H and O–H groups in total. The molecule has 1 heterocycles. The summed E-state index contributed by atoms with van der Waals surface area (Å²) in [6, 6.07) is 3.91. The van der Waals surface area contributed by atoms with Gasteiger partial charge in [0.15, 0.2) is 5.82 Å². The Kier molecular flexibility index (Phi) is 4.31. The lowest BCUT2D eigenvalue weighted by atomic mass is 9.98. The average Bonchev–Trinajstić information content (AvgIpc) is 2.37. The summed E-state index contributed by atoms with van der Waals surface area (Å²) in [5, 5.41) is 13.8. The third-order valence-electron chi connectivity index (χ3n) is 3.48. The summed E-state index contributed by atoms with van der Waals surface area (Å²) in [6.45, 7) is 2.58. The molecule has 0 radical (unpaired) electrons. The number of nitro benzene ring substituents is 1. The van der Waals surface area contributed by atoms with E-state index in [9.17, 15) is 14.5 Å². The summed E-state index contributed by atoms with van der Waals surface area (Å²) in [5.74, 6) is -0.170. The Balaban J connectivity index is 2.04. The number of nitro groups is 1. The first-order valence-electron chi connectivity index (χ1n) is 6.43. The number of anilines is 1. The van der Waals surface area contributed by atoms with Gasteiger partial charge in [0.2, 0.25) is 0 Å². The molecule has 19 heavy (non-hydrogen) atoms. The Morgan fingerprint density at radius 1 is 1.58 bits per heavy atom. The molecule has 0 aliphatic carbocycles. The number of nitrogens with zero attached hydrogens (tertiary/aromatic N) is 2. The predicted molar refractivity (Wildman–Crippen MR) is 71.8 cm³/mol. The minimum atomic E-state index is -0.571. The summed E-state index contributed by atoms with van der Waals surface area (Å²) in [5.41, 5.74) is -0.204. The second-order valence-corrected chi connectivity index (χ2v) is 5.04. The summed E-state index contributed by atoms with van der Waals surface area (Å²) >= 11 is 0. The van der Waals surface area contributed by atoms with Gasteiger partial charge in [0, 0.05) is 19.2 Å². The van der Waals surface area contributed by atoms with Gasteiger partial charge in [-0.1, -0.05) is 6.07 Å². The number of benzene rings is 1. The molecule has 0 spiro atoms. The van der Waals surface area contributed by atoms with E-state index in [0.29, 0.717) is 12.5 Å². The second kappa shape index (κ2) is 5.97. The molecule has 1 atom stereocenters. The molecule has 0 bridgehead atoms. The molecule has 2 rings (SSSR count). The molecular weight excluding hydrogens is 249 g/mol. The van der Waals surface area contributed by atoms with Gasteiger partial charge >= 0.3 is 0 Å². The fourth-order valence-corrected chi connectivity index (χ4v) is 2.53. The number of likely N-dealkylation sites (tertiary alicyclic amines) is 1. The van der Waals surface area contributed by atoms with Crippen LogP contribution >= 0.6 is 0 Å². The molecule has 1 aliphatic rings. The number of hydrogen-bond acceptors (Lipinski definition) is 4. The summed E-state index contributed by atoms with van der Waals surface area (Å²) in [4.78, 5) is 12.5. The number of para-hydroxylation sites is 1. The van der Waals surface area contributed by atoms with E-state index in [0.717, 1.165) is 25.9 Å². The van der Waals surface area contributed by atoms with Gasteiger partial charge in [-0.2, -0.15) is 0 Å². The monoisotopic (exact) mass is 267 g/mol. The van der Waals surface area contributed by atoms with Crippen LogP contribution in [0.3, 0.4) is 0 Å². The second-order valence-electron chi connectivity index (χ2n) is 5.04. The molecule has 1 aliphatic heterocycles. The number of piperidine rings is 1. The van der Waals surface area contributed by atoms with Crippen LogP contribution in [0.25, 0.3) is 0 Å². The van der Waals surface area contributed by atoms with E-state index >= 15 is 0 Å². The van der Waals surface area contributed by atoms with Gasteiger partial charge in [-0.25, -0.2) is 4.39 Å². The molecule has 1 saturated heterocycles. The summed E-state index contributed by atoms with van der Waals surface area (Å²) < 4.78 is 13.7. The van der Waals surface area contributed by atoms with Crippen LogP contribution in [0.4, 0.5) is 15.8 Å².